The number of carbonyl (C=O) groups is 1. The summed E-state index contributed by atoms with van der Waals surface area (Å²) in [5, 5.41) is 0. The third-order valence-electron chi connectivity index (χ3n) is 7.42. The molecule has 0 spiro atoms. The molecule has 3 aliphatic rings. The van der Waals surface area contributed by atoms with Crippen LogP contribution in [0.4, 0.5) is 0 Å². The van der Waals surface area contributed by atoms with Gasteiger partial charge in [0.1, 0.15) is 0 Å². The first-order valence-electron chi connectivity index (χ1n) is 12.9. The van der Waals surface area contributed by atoms with Crippen LogP contribution in [0.1, 0.15) is 65.6 Å². The van der Waals surface area contributed by atoms with Crippen LogP contribution in [0, 0.1) is 0 Å². The number of fused-ring (bicyclic) bond motifs is 4. The monoisotopic (exact) mass is 465 g/mol. The SMILES string of the molecule is O=C(CCCCN1CCCCC1)c1ccc2c(c1)C(=Cc1ccc3c(c1)OCO3)c1ccccc1-2. The first-order chi connectivity index (χ1) is 17.3. The summed E-state index contributed by atoms with van der Waals surface area (Å²) < 4.78 is 11.0. The van der Waals surface area contributed by atoms with Crippen LogP contribution in [0.25, 0.3) is 22.8 Å². The fraction of sp³-hybridized carbons (Fsp3) is 0.323. The molecule has 0 aromatic heterocycles. The molecule has 4 heteroatoms. The van der Waals surface area contributed by atoms with Crippen molar-refractivity contribution >= 4 is 17.4 Å². The van der Waals surface area contributed by atoms with Gasteiger partial charge in [0.25, 0.3) is 0 Å². The summed E-state index contributed by atoms with van der Waals surface area (Å²) in [5.74, 6) is 1.80. The normalized spacial score (nSPS) is 17.4. The number of carbonyl (C=O) groups excluding carboxylic acids is 1. The molecule has 1 aliphatic carbocycles. The number of unbranched alkanes of at least 4 members (excludes halogenated alkanes) is 1. The zero-order valence-corrected chi connectivity index (χ0v) is 20.1. The van der Waals surface area contributed by atoms with Crippen LogP contribution in [0.5, 0.6) is 11.5 Å². The maximum atomic E-state index is 13.1. The van der Waals surface area contributed by atoms with Gasteiger partial charge < -0.3 is 14.4 Å². The standard InChI is InChI=1S/C31H31NO3/c33-29(10-4-7-17-32-15-5-1-6-16-32)23-12-13-26-24-8-2-3-9-25(24)27(28(26)20-23)18-22-11-14-30-31(19-22)35-21-34-30/h2-3,8-9,11-14,18-20H,1,4-7,10,15-17,21H2. The minimum Gasteiger partial charge on any atom is -0.454 e. The van der Waals surface area contributed by atoms with E-state index in [1.54, 1.807) is 0 Å². The summed E-state index contributed by atoms with van der Waals surface area (Å²) in [6.07, 6.45) is 8.85. The topological polar surface area (TPSA) is 38.8 Å². The second-order valence-electron chi connectivity index (χ2n) is 9.76. The zero-order chi connectivity index (χ0) is 23.6. The molecule has 0 amide bonds. The van der Waals surface area contributed by atoms with E-state index in [-0.39, 0.29) is 12.6 Å². The van der Waals surface area contributed by atoms with Crippen molar-refractivity contribution in [1.29, 1.82) is 0 Å². The highest BCUT2D eigenvalue weighted by molar-refractivity contribution is 6.08. The third-order valence-corrected chi connectivity index (χ3v) is 7.42. The van der Waals surface area contributed by atoms with Crippen LogP contribution >= 0.6 is 0 Å². The van der Waals surface area contributed by atoms with E-state index in [9.17, 15) is 4.79 Å². The summed E-state index contributed by atoms with van der Waals surface area (Å²) in [5.41, 5.74) is 7.75. The van der Waals surface area contributed by atoms with Crippen molar-refractivity contribution in [2.45, 2.75) is 38.5 Å². The van der Waals surface area contributed by atoms with E-state index in [0.29, 0.717) is 6.42 Å². The predicted molar refractivity (Wildman–Crippen MR) is 140 cm³/mol. The Hall–Kier alpha value is -3.37. The van der Waals surface area contributed by atoms with Crippen molar-refractivity contribution in [1.82, 2.24) is 4.90 Å². The average Bonchev–Trinajstić information content (AvgIpc) is 3.49. The minimum absolute atomic E-state index is 0.241. The molecule has 3 aromatic rings. The molecule has 6 rings (SSSR count). The van der Waals surface area contributed by atoms with Gasteiger partial charge in [-0.05, 0) is 103 Å². The molecule has 1 saturated heterocycles. The first kappa shape index (κ1) is 22.1. The Balaban J connectivity index is 1.23. The molecular weight excluding hydrogens is 434 g/mol. The highest BCUT2D eigenvalue weighted by Crippen LogP contribution is 2.46. The van der Waals surface area contributed by atoms with Gasteiger partial charge in [0, 0.05) is 12.0 Å². The molecule has 0 radical (unpaired) electrons. The summed E-state index contributed by atoms with van der Waals surface area (Å²) in [7, 11) is 0. The van der Waals surface area contributed by atoms with Gasteiger partial charge >= 0.3 is 0 Å². The van der Waals surface area contributed by atoms with Crippen molar-refractivity contribution in [2.75, 3.05) is 26.4 Å². The molecule has 3 aromatic carbocycles. The van der Waals surface area contributed by atoms with Gasteiger partial charge in [-0.25, -0.2) is 0 Å². The van der Waals surface area contributed by atoms with Crippen molar-refractivity contribution in [3.05, 3.63) is 82.9 Å². The highest BCUT2D eigenvalue weighted by atomic mass is 16.7. The molecule has 2 heterocycles. The van der Waals surface area contributed by atoms with Crippen molar-refractivity contribution in [2.24, 2.45) is 0 Å². The van der Waals surface area contributed by atoms with Crippen molar-refractivity contribution in [3.8, 4) is 22.6 Å². The minimum atomic E-state index is 0.241. The average molecular weight is 466 g/mol. The van der Waals surface area contributed by atoms with Crippen LogP contribution in [0.15, 0.2) is 60.7 Å². The van der Waals surface area contributed by atoms with E-state index in [1.165, 1.54) is 49.0 Å². The van der Waals surface area contributed by atoms with Crippen LogP contribution in [0.3, 0.4) is 0 Å². The summed E-state index contributed by atoms with van der Waals surface area (Å²) in [6.45, 7) is 3.83. The summed E-state index contributed by atoms with van der Waals surface area (Å²) in [4.78, 5) is 15.6. The highest BCUT2D eigenvalue weighted by Gasteiger charge is 2.24. The van der Waals surface area contributed by atoms with Gasteiger partial charge in [-0.3, -0.25) is 4.79 Å². The van der Waals surface area contributed by atoms with E-state index < -0.39 is 0 Å². The van der Waals surface area contributed by atoms with Gasteiger partial charge in [-0.1, -0.05) is 48.9 Å². The number of ketones is 1. The lowest BCUT2D eigenvalue weighted by Gasteiger charge is -2.26. The Morgan fingerprint density at radius 1 is 0.800 bits per heavy atom. The summed E-state index contributed by atoms with van der Waals surface area (Å²) in [6, 6.07) is 20.7. The van der Waals surface area contributed by atoms with E-state index in [2.05, 4.69) is 53.4 Å². The number of Topliss-reactive ketones (excluding diaryl/α,β-unsaturated/α-hetero) is 1. The Bertz CT molecular complexity index is 1290. The van der Waals surface area contributed by atoms with E-state index in [0.717, 1.165) is 53.1 Å². The number of benzene rings is 3. The maximum absolute atomic E-state index is 13.1. The third kappa shape index (κ3) is 4.51. The number of piperidine rings is 1. The second kappa shape index (κ2) is 9.71. The molecule has 0 saturated carbocycles. The van der Waals surface area contributed by atoms with Gasteiger partial charge in [0.05, 0.1) is 0 Å². The Morgan fingerprint density at radius 2 is 1.60 bits per heavy atom. The quantitative estimate of drug-likeness (QED) is 0.222. The number of hydrogen-bond donors (Lipinski definition) is 0. The molecule has 2 aliphatic heterocycles. The van der Waals surface area contributed by atoms with Crippen molar-refractivity contribution < 1.29 is 14.3 Å². The van der Waals surface area contributed by atoms with E-state index >= 15 is 0 Å². The maximum Gasteiger partial charge on any atom is 0.231 e. The fourth-order valence-electron chi connectivity index (χ4n) is 5.55. The smallest absolute Gasteiger partial charge is 0.231 e. The number of nitrogens with zero attached hydrogens (tertiary/aromatic N) is 1. The number of ether oxygens (including phenoxy) is 2. The lowest BCUT2D eigenvalue weighted by atomic mass is 9.96. The van der Waals surface area contributed by atoms with Gasteiger partial charge in [0.2, 0.25) is 6.79 Å². The molecular formula is C31H31NO3. The van der Waals surface area contributed by atoms with Crippen LogP contribution in [0.2, 0.25) is 0 Å². The number of likely N-dealkylation sites (tertiary alicyclic amines) is 1. The van der Waals surface area contributed by atoms with E-state index in [4.69, 9.17) is 9.47 Å². The number of rotatable bonds is 7. The second-order valence-corrected chi connectivity index (χ2v) is 9.76. The largest absolute Gasteiger partial charge is 0.454 e. The first-order valence-corrected chi connectivity index (χ1v) is 12.9. The van der Waals surface area contributed by atoms with Gasteiger partial charge in [-0.15, -0.1) is 0 Å². The molecule has 0 unspecified atom stereocenters. The zero-order valence-electron chi connectivity index (χ0n) is 20.1. The van der Waals surface area contributed by atoms with Crippen LogP contribution < -0.4 is 9.47 Å². The lowest BCUT2D eigenvalue weighted by molar-refractivity contribution is 0.0977. The Labute approximate surface area is 207 Å². The number of hydrogen-bond acceptors (Lipinski definition) is 4. The molecule has 178 valence electrons. The lowest BCUT2D eigenvalue weighted by Crippen LogP contribution is -2.30. The molecule has 35 heavy (non-hydrogen) atoms. The molecule has 4 nitrogen and oxygen atoms in total. The Morgan fingerprint density at radius 3 is 2.49 bits per heavy atom. The molecule has 1 fully saturated rings. The van der Waals surface area contributed by atoms with Crippen molar-refractivity contribution in [3.63, 3.8) is 0 Å². The van der Waals surface area contributed by atoms with Crippen LogP contribution in [-0.2, 0) is 0 Å². The predicted octanol–water partition coefficient (Wildman–Crippen LogP) is 6.82. The van der Waals surface area contributed by atoms with Gasteiger partial charge in [0.15, 0.2) is 17.3 Å². The van der Waals surface area contributed by atoms with Crippen LogP contribution in [-0.4, -0.2) is 37.1 Å². The van der Waals surface area contributed by atoms with E-state index in [1.807, 2.05) is 18.2 Å². The molecule has 0 N–H and O–H groups in total. The molecule has 0 bridgehead atoms. The summed E-state index contributed by atoms with van der Waals surface area (Å²) >= 11 is 0. The fourth-order valence-corrected chi connectivity index (χ4v) is 5.55. The molecule has 0 atom stereocenters. The van der Waals surface area contributed by atoms with Gasteiger partial charge in [-0.2, -0.15) is 0 Å². The Kier molecular flexibility index (Phi) is 6.13.